The second kappa shape index (κ2) is 7.25. The number of fused-ring (bicyclic) bond motifs is 1. The Balaban J connectivity index is 1.89. The lowest BCUT2D eigenvalue weighted by Gasteiger charge is -2.24. The van der Waals surface area contributed by atoms with E-state index in [1.165, 1.54) is 17.7 Å². The van der Waals surface area contributed by atoms with Gasteiger partial charge in [0.15, 0.2) is 0 Å². The van der Waals surface area contributed by atoms with Crippen molar-refractivity contribution in [3.8, 4) is 0 Å². The first kappa shape index (κ1) is 14.8. The van der Waals surface area contributed by atoms with Crippen molar-refractivity contribution in [2.75, 3.05) is 19.3 Å². The van der Waals surface area contributed by atoms with E-state index in [-0.39, 0.29) is 0 Å². The molecule has 3 nitrogen and oxygen atoms in total. The quantitative estimate of drug-likeness (QED) is 0.869. The van der Waals surface area contributed by atoms with Gasteiger partial charge in [-0.3, -0.25) is 0 Å². The van der Waals surface area contributed by atoms with Crippen molar-refractivity contribution in [1.82, 2.24) is 15.3 Å². The zero-order valence-electron chi connectivity index (χ0n) is 12.3. The summed E-state index contributed by atoms with van der Waals surface area (Å²) in [4.78, 5) is 9.17. The third-order valence-electron chi connectivity index (χ3n) is 3.56. The van der Waals surface area contributed by atoms with Crippen LogP contribution in [0.5, 0.6) is 0 Å². The number of aryl methyl sites for hydroxylation is 1. The van der Waals surface area contributed by atoms with E-state index in [1.54, 1.807) is 11.8 Å². The van der Waals surface area contributed by atoms with Gasteiger partial charge in [-0.2, -0.15) is 11.8 Å². The van der Waals surface area contributed by atoms with Crippen LogP contribution in [-0.4, -0.2) is 29.3 Å². The van der Waals surface area contributed by atoms with E-state index in [9.17, 15) is 0 Å². The van der Waals surface area contributed by atoms with Gasteiger partial charge < -0.3 is 5.32 Å². The number of rotatable bonds is 6. The van der Waals surface area contributed by atoms with Crippen molar-refractivity contribution in [3.63, 3.8) is 0 Å². The normalized spacial score (nSPS) is 18.6. The fourth-order valence-electron chi connectivity index (χ4n) is 2.57. The Kier molecular flexibility index (Phi) is 5.64. The van der Waals surface area contributed by atoms with E-state index in [4.69, 9.17) is 4.98 Å². The second-order valence-corrected chi connectivity index (χ2v) is 6.72. The molecule has 106 valence electrons. The molecule has 0 radical (unpaired) electrons. The minimum atomic E-state index is 0.730. The van der Waals surface area contributed by atoms with Gasteiger partial charge in [-0.05, 0) is 56.0 Å². The lowest BCUT2D eigenvalue weighted by atomic mass is 9.87. The van der Waals surface area contributed by atoms with Crippen LogP contribution in [0, 0.1) is 11.8 Å². The highest BCUT2D eigenvalue weighted by Crippen LogP contribution is 2.23. The monoisotopic (exact) mass is 279 g/mol. The Morgan fingerprint density at radius 2 is 2.32 bits per heavy atom. The summed E-state index contributed by atoms with van der Waals surface area (Å²) < 4.78 is 0. The number of aromatic nitrogens is 2. The highest BCUT2D eigenvalue weighted by atomic mass is 32.2. The van der Waals surface area contributed by atoms with Crippen LogP contribution in [-0.2, 0) is 18.6 Å². The first-order valence-corrected chi connectivity index (χ1v) is 8.61. The van der Waals surface area contributed by atoms with Gasteiger partial charge in [0.2, 0.25) is 0 Å². The molecule has 0 saturated heterocycles. The van der Waals surface area contributed by atoms with E-state index >= 15 is 0 Å². The standard InChI is InChI=1S/C15H25N3S/c1-11(2)7-16-8-12-4-5-14-13(6-12)9-17-15(18-14)10-19-3/h9,11-12,16H,4-8,10H2,1-3H3. The molecule has 1 aliphatic carbocycles. The number of thioether (sulfide) groups is 1. The Bertz CT molecular complexity index is 406. The van der Waals surface area contributed by atoms with Gasteiger partial charge in [-0.1, -0.05) is 13.8 Å². The van der Waals surface area contributed by atoms with Crippen molar-refractivity contribution < 1.29 is 0 Å². The molecular formula is C15H25N3S. The van der Waals surface area contributed by atoms with Crippen LogP contribution in [0.4, 0.5) is 0 Å². The molecule has 1 atom stereocenters. The maximum absolute atomic E-state index is 4.69. The van der Waals surface area contributed by atoms with Gasteiger partial charge >= 0.3 is 0 Å². The van der Waals surface area contributed by atoms with Gasteiger partial charge in [0.25, 0.3) is 0 Å². The molecule has 0 bridgehead atoms. The summed E-state index contributed by atoms with van der Waals surface area (Å²) in [6.07, 6.45) is 7.67. The summed E-state index contributed by atoms with van der Waals surface area (Å²) in [5.41, 5.74) is 2.66. The molecule has 0 spiro atoms. The molecule has 1 aliphatic rings. The molecule has 0 fully saturated rings. The Hall–Kier alpha value is -0.610. The molecule has 0 aromatic carbocycles. The molecule has 4 heteroatoms. The minimum Gasteiger partial charge on any atom is -0.316 e. The molecule has 1 N–H and O–H groups in total. The first-order valence-electron chi connectivity index (χ1n) is 7.22. The SMILES string of the molecule is CSCc1ncc2c(n1)CCC(CNCC(C)C)C2. The van der Waals surface area contributed by atoms with Crippen LogP contribution in [0.15, 0.2) is 6.20 Å². The largest absolute Gasteiger partial charge is 0.316 e. The molecule has 1 unspecified atom stereocenters. The smallest absolute Gasteiger partial charge is 0.138 e. The van der Waals surface area contributed by atoms with Crippen LogP contribution in [0.3, 0.4) is 0 Å². The molecule has 0 aliphatic heterocycles. The molecular weight excluding hydrogens is 254 g/mol. The summed E-state index contributed by atoms with van der Waals surface area (Å²) in [6.45, 7) is 6.76. The van der Waals surface area contributed by atoms with E-state index in [1.807, 2.05) is 0 Å². The predicted molar refractivity (Wildman–Crippen MR) is 82.5 cm³/mol. The van der Waals surface area contributed by atoms with Gasteiger partial charge in [0.05, 0.1) is 5.75 Å². The third kappa shape index (κ3) is 4.46. The zero-order valence-corrected chi connectivity index (χ0v) is 13.1. The molecule has 1 aromatic rings. The van der Waals surface area contributed by atoms with Crippen LogP contribution in [0.1, 0.15) is 37.4 Å². The molecule has 0 saturated carbocycles. The van der Waals surface area contributed by atoms with Crippen LogP contribution < -0.4 is 5.32 Å². The summed E-state index contributed by atoms with van der Waals surface area (Å²) in [5, 5.41) is 3.57. The van der Waals surface area contributed by atoms with E-state index in [0.717, 1.165) is 49.3 Å². The van der Waals surface area contributed by atoms with Crippen LogP contribution in [0.25, 0.3) is 0 Å². The fourth-order valence-corrected chi connectivity index (χ4v) is 2.97. The van der Waals surface area contributed by atoms with Crippen molar-refractivity contribution in [1.29, 1.82) is 0 Å². The van der Waals surface area contributed by atoms with E-state index in [2.05, 4.69) is 36.6 Å². The topological polar surface area (TPSA) is 37.8 Å². The van der Waals surface area contributed by atoms with Gasteiger partial charge in [-0.25, -0.2) is 9.97 Å². The number of nitrogens with zero attached hydrogens (tertiary/aromatic N) is 2. The lowest BCUT2D eigenvalue weighted by Crippen LogP contribution is -2.30. The van der Waals surface area contributed by atoms with Crippen LogP contribution in [0.2, 0.25) is 0 Å². The van der Waals surface area contributed by atoms with E-state index in [0.29, 0.717) is 0 Å². The summed E-state index contributed by atoms with van der Waals surface area (Å²) in [6, 6.07) is 0. The Morgan fingerprint density at radius 1 is 1.47 bits per heavy atom. The Labute approximate surface area is 121 Å². The number of hydrogen-bond acceptors (Lipinski definition) is 4. The van der Waals surface area contributed by atoms with Gasteiger partial charge in [0.1, 0.15) is 5.82 Å². The number of nitrogens with one attached hydrogen (secondary N) is 1. The molecule has 1 aromatic heterocycles. The summed E-state index contributed by atoms with van der Waals surface area (Å²) in [5.74, 6) is 3.39. The first-order chi connectivity index (χ1) is 9.19. The third-order valence-corrected chi connectivity index (χ3v) is 4.11. The minimum absolute atomic E-state index is 0.730. The molecule has 2 rings (SSSR count). The number of hydrogen-bond donors (Lipinski definition) is 1. The van der Waals surface area contributed by atoms with E-state index < -0.39 is 0 Å². The maximum Gasteiger partial charge on any atom is 0.138 e. The molecule has 19 heavy (non-hydrogen) atoms. The Morgan fingerprint density at radius 3 is 3.05 bits per heavy atom. The highest BCUT2D eigenvalue weighted by Gasteiger charge is 2.20. The molecule has 0 amide bonds. The average Bonchev–Trinajstić information content (AvgIpc) is 2.39. The predicted octanol–water partition coefficient (Wildman–Crippen LogP) is 2.69. The lowest BCUT2D eigenvalue weighted by molar-refractivity contribution is 0.405. The highest BCUT2D eigenvalue weighted by molar-refractivity contribution is 7.97. The van der Waals surface area contributed by atoms with Crippen molar-refractivity contribution in [3.05, 3.63) is 23.3 Å². The van der Waals surface area contributed by atoms with Gasteiger partial charge in [-0.15, -0.1) is 0 Å². The average molecular weight is 279 g/mol. The van der Waals surface area contributed by atoms with Crippen molar-refractivity contribution in [2.24, 2.45) is 11.8 Å². The fraction of sp³-hybridized carbons (Fsp3) is 0.733. The van der Waals surface area contributed by atoms with Crippen molar-refractivity contribution >= 4 is 11.8 Å². The molecule has 1 heterocycles. The second-order valence-electron chi connectivity index (χ2n) is 5.85. The van der Waals surface area contributed by atoms with Gasteiger partial charge in [0, 0.05) is 11.9 Å². The van der Waals surface area contributed by atoms with Crippen molar-refractivity contribution in [2.45, 2.75) is 38.9 Å². The zero-order chi connectivity index (χ0) is 13.7. The summed E-state index contributed by atoms with van der Waals surface area (Å²) in [7, 11) is 0. The maximum atomic E-state index is 4.69. The van der Waals surface area contributed by atoms with Crippen LogP contribution >= 0.6 is 11.8 Å². The summed E-state index contributed by atoms with van der Waals surface area (Å²) >= 11 is 1.78.